The number of hydrogen-bond donors (Lipinski definition) is 7. The Morgan fingerprint density at radius 3 is 2.36 bits per heavy atom. The summed E-state index contributed by atoms with van der Waals surface area (Å²) in [6.45, 7) is 8.50. The van der Waals surface area contributed by atoms with E-state index >= 15 is 0 Å². The molecule has 2 heterocycles. The van der Waals surface area contributed by atoms with Crippen LogP contribution >= 0.6 is 0 Å². The van der Waals surface area contributed by atoms with Crippen molar-refractivity contribution in [2.24, 2.45) is 52.3 Å². The van der Waals surface area contributed by atoms with E-state index in [1.54, 1.807) is 7.11 Å². The molecule has 6 fully saturated rings. The van der Waals surface area contributed by atoms with Gasteiger partial charge in [0.15, 0.2) is 12.1 Å². The van der Waals surface area contributed by atoms with E-state index in [4.69, 9.17) is 18.9 Å². The molecular weight excluding hydrogens is 584 g/mol. The van der Waals surface area contributed by atoms with Gasteiger partial charge in [-0.1, -0.05) is 27.7 Å². The molecule has 6 aliphatic rings. The normalized spacial score (nSPS) is 56.7. The van der Waals surface area contributed by atoms with Gasteiger partial charge in [-0.05, 0) is 85.9 Å². The molecule has 0 unspecified atom stereocenters. The number of ether oxygens (including phenoxy) is 4. The fraction of sp³-hybridized carbons (Fsp3) is 1.00. The molecule has 0 radical (unpaired) electrons. The Morgan fingerprint density at radius 2 is 1.67 bits per heavy atom. The van der Waals surface area contributed by atoms with Gasteiger partial charge in [0, 0.05) is 24.9 Å². The monoisotopic (exact) mass is 642 g/mol. The second kappa shape index (κ2) is 12.5. The number of aliphatic hydroxyl groups excluding tert-OH is 7. The van der Waals surface area contributed by atoms with Crippen LogP contribution in [0.3, 0.4) is 0 Å². The molecule has 11 heteroatoms. The van der Waals surface area contributed by atoms with Crippen LogP contribution in [0.15, 0.2) is 0 Å². The van der Waals surface area contributed by atoms with Crippen LogP contribution in [0.1, 0.15) is 79.1 Å². The quantitative estimate of drug-likeness (QED) is 0.202. The lowest BCUT2D eigenvalue weighted by Gasteiger charge is -2.63. The van der Waals surface area contributed by atoms with E-state index in [-0.39, 0.29) is 47.7 Å². The van der Waals surface area contributed by atoms with Crippen molar-refractivity contribution < 1.29 is 54.7 Å². The minimum Gasteiger partial charge on any atom is -0.394 e. The topological polar surface area (TPSA) is 179 Å². The van der Waals surface area contributed by atoms with Gasteiger partial charge in [-0.25, -0.2) is 0 Å². The standard InChI is InChI=1S/C34H58O11/c1-16(15-43-31-30(41)29(40)28(39)24(14-35)44-31)8-9-34(42-5)17(2)26-23(45-34)12-21-20-7-6-18-10-19(36)11-25(38)33(18,4)27(20)22(37)13-32(21,26)3/h16-31,35-41H,6-15H2,1-5H3/t16-,17+,18-,19-,20+,21+,22-,23+,24-,25-,26+,27-,28-,29+,30-,31-,32+,33-,34-/m1/s1. The Labute approximate surface area is 267 Å². The van der Waals surface area contributed by atoms with Gasteiger partial charge >= 0.3 is 0 Å². The lowest BCUT2D eigenvalue weighted by molar-refractivity contribution is -0.303. The van der Waals surface area contributed by atoms with E-state index in [1.165, 1.54) is 0 Å². The molecule has 4 aliphatic carbocycles. The fourth-order valence-corrected chi connectivity index (χ4v) is 11.7. The van der Waals surface area contributed by atoms with E-state index in [1.807, 2.05) is 6.92 Å². The zero-order valence-electron chi connectivity index (χ0n) is 27.6. The van der Waals surface area contributed by atoms with Crippen molar-refractivity contribution in [1.82, 2.24) is 0 Å². The molecule has 6 rings (SSSR count). The van der Waals surface area contributed by atoms with Crippen LogP contribution in [0.2, 0.25) is 0 Å². The van der Waals surface area contributed by atoms with Crippen molar-refractivity contribution in [2.75, 3.05) is 20.3 Å². The largest absolute Gasteiger partial charge is 0.394 e. The van der Waals surface area contributed by atoms with Crippen LogP contribution in [-0.2, 0) is 18.9 Å². The predicted octanol–water partition coefficient (Wildman–Crippen LogP) is 1.17. The van der Waals surface area contributed by atoms with Crippen molar-refractivity contribution in [2.45, 2.75) is 140 Å². The Hall–Kier alpha value is -0.440. The van der Waals surface area contributed by atoms with Crippen molar-refractivity contribution in [3.05, 3.63) is 0 Å². The molecule has 2 saturated heterocycles. The third kappa shape index (κ3) is 5.35. The Morgan fingerprint density at radius 1 is 0.933 bits per heavy atom. The summed E-state index contributed by atoms with van der Waals surface area (Å²) in [6.07, 6.45) is -2.04. The van der Waals surface area contributed by atoms with Crippen LogP contribution in [0.5, 0.6) is 0 Å². The van der Waals surface area contributed by atoms with Crippen LogP contribution in [0, 0.1) is 52.3 Å². The summed E-state index contributed by atoms with van der Waals surface area (Å²) in [5, 5.41) is 73.5. The second-order valence-corrected chi connectivity index (χ2v) is 16.3. The van der Waals surface area contributed by atoms with Crippen LogP contribution < -0.4 is 0 Å². The Kier molecular flexibility index (Phi) is 9.54. The first-order valence-electron chi connectivity index (χ1n) is 17.4. The highest BCUT2D eigenvalue weighted by Gasteiger charge is 2.71. The van der Waals surface area contributed by atoms with E-state index in [9.17, 15) is 35.7 Å². The summed E-state index contributed by atoms with van der Waals surface area (Å²) in [6, 6.07) is 0. The van der Waals surface area contributed by atoms with E-state index in [0.717, 1.165) is 19.3 Å². The molecule has 7 N–H and O–H groups in total. The van der Waals surface area contributed by atoms with Gasteiger partial charge in [-0.15, -0.1) is 0 Å². The van der Waals surface area contributed by atoms with Gasteiger partial charge in [0.2, 0.25) is 0 Å². The van der Waals surface area contributed by atoms with Gasteiger partial charge in [0.25, 0.3) is 0 Å². The molecule has 0 amide bonds. The lowest BCUT2D eigenvalue weighted by Crippen LogP contribution is -2.63. The predicted molar refractivity (Wildman–Crippen MR) is 161 cm³/mol. The van der Waals surface area contributed by atoms with Gasteiger partial charge in [-0.2, -0.15) is 0 Å². The van der Waals surface area contributed by atoms with Gasteiger partial charge in [0.05, 0.1) is 37.6 Å². The second-order valence-electron chi connectivity index (χ2n) is 16.3. The van der Waals surface area contributed by atoms with Crippen LogP contribution in [0.25, 0.3) is 0 Å². The number of aliphatic hydroxyl groups is 7. The first kappa shape index (κ1) is 34.4. The molecule has 0 spiro atoms. The number of rotatable bonds is 8. The molecule has 0 aromatic rings. The lowest BCUT2D eigenvalue weighted by atomic mass is 9.43. The minimum atomic E-state index is -1.47. The Bertz CT molecular complexity index is 1050. The fourth-order valence-electron chi connectivity index (χ4n) is 11.7. The van der Waals surface area contributed by atoms with Gasteiger partial charge < -0.3 is 54.7 Å². The summed E-state index contributed by atoms with van der Waals surface area (Å²) in [5.74, 6) is 0.515. The summed E-state index contributed by atoms with van der Waals surface area (Å²) in [4.78, 5) is 0. The highest BCUT2D eigenvalue weighted by Crippen LogP contribution is 2.71. The maximum atomic E-state index is 11.9. The van der Waals surface area contributed by atoms with E-state index in [0.29, 0.717) is 43.9 Å². The zero-order valence-corrected chi connectivity index (χ0v) is 27.6. The maximum Gasteiger partial charge on any atom is 0.186 e. The summed E-state index contributed by atoms with van der Waals surface area (Å²) in [5.41, 5.74) is -0.512. The zero-order chi connectivity index (χ0) is 32.6. The van der Waals surface area contributed by atoms with E-state index in [2.05, 4.69) is 20.8 Å². The summed E-state index contributed by atoms with van der Waals surface area (Å²) >= 11 is 0. The van der Waals surface area contributed by atoms with Crippen molar-refractivity contribution in [1.29, 1.82) is 0 Å². The molecule has 4 saturated carbocycles. The summed E-state index contributed by atoms with van der Waals surface area (Å²) < 4.78 is 24.4. The first-order valence-corrected chi connectivity index (χ1v) is 17.4. The number of methoxy groups -OCH3 is 1. The highest BCUT2D eigenvalue weighted by molar-refractivity contribution is 5.18. The van der Waals surface area contributed by atoms with Gasteiger partial charge in [-0.3, -0.25) is 0 Å². The Balaban J connectivity index is 1.11. The third-order valence-electron chi connectivity index (χ3n) is 14.1. The van der Waals surface area contributed by atoms with Gasteiger partial charge in [0.1, 0.15) is 24.4 Å². The maximum absolute atomic E-state index is 11.9. The van der Waals surface area contributed by atoms with Crippen LogP contribution in [0.4, 0.5) is 0 Å². The molecule has 0 aromatic heterocycles. The SMILES string of the molecule is CO[C@]1(CC[C@@H](C)CO[C@@H]2O[C@H](CO)[C@@H](O)[C@H](O)[C@H]2O)O[C@H]2C[C@H]3[C@@H]4CC[C@@H]5C[C@@H](O)C[C@@H](O)[C@]5(C)[C@H]4[C@H](O)C[C@]3(C)[C@H]2[C@@H]1C. The molecule has 19 atom stereocenters. The van der Waals surface area contributed by atoms with Crippen LogP contribution in [-0.4, -0.2) is 117 Å². The minimum absolute atomic E-state index is 0.0164. The number of fused-ring (bicyclic) bond motifs is 7. The van der Waals surface area contributed by atoms with Crippen molar-refractivity contribution >= 4 is 0 Å². The molecule has 0 aromatic carbocycles. The van der Waals surface area contributed by atoms with Crippen molar-refractivity contribution in [3.8, 4) is 0 Å². The molecular formula is C34H58O11. The molecule has 0 bridgehead atoms. The molecule has 45 heavy (non-hydrogen) atoms. The third-order valence-corrected chi connectivity index (χ3v) is 14.1. The molecule has 11 nitrogen and oxygen atoms in total. The molecule has 260 valence electrons. The van der Waals surface area contributed by atoms with E-state index < -0.39 is 66.8 Å². The number of hydrogen-bond acceptors (Lipinski definition) is 11. The average molecular weight is 643 g/mol. The average Bonchev–Trinajstić information content (AvgIpc) is 3.44. The van der Waals surface area contributed by atoms with Crippen molar-refractivity contribution in [3.63, 3.8) is 0 Å². The smallest absolute Gasteiger partial charge is 0.186 e. The highest BCUT2D eigenvalue weighted by atomic mass is 16.7. The summed E-state index contributed by atoms with van der Waals surface area (Å²) in [7, 11) is 1.71. The first-order chi connectivity index (χ1) is 21.2. The molecule has 2 aliphatic heterocycles.